The summed E-state index contributed by atoms with van der Waals surface area (Å²) in [5.74, 6) is 1.32. The van der Waals surface area contributed by atoms with Gasteiger partial charge in [-0.25, -0.2) is 0 Å². The average Bonchev–Trinajstić information content (AvgIpc) is 2.38. The normalized spacial score (nSPS) is 26.0. The monoisotopic (exact) mass is 310 g/mol. The maximum Gasteiger partial charge on any atom is 0.0829 e. The first-order chi connectivity index (χ1) is 8.61. The Kier molecular flexibility index (Phi) is 4.85. The van der Waals surface area contributed by atoms with Crippen LogP contribution in [0, 0.1) is 18.8 Å². The summed E-state index contributed by atoms with van der Waals surface area (Å²) in [6.45, 7) is 4.35. The summed E-state index contributed by atoms with van der Waals surface area (Å²) >= 11 is 3.58. The summed E-state index contributed by atoms with van der Waals surface area (Å²) in [5, 5.41) is 10.5. The largest absolute Gasteiger partial charge is 0.388 e. The maximum absolute atomic E-state index is 10.5. The number of aryl methyl sites for hydroxylation is 1. The molecule has 1 aromatic rings. The molecule has 1 unspecified atom stereocenters. The Bertz CT molecular complexity index is 394. The average molecular weight is 311 g/mol. The van der Waals surface area contributed by atoms with Gasteiger partial charge in [-0.15, -0.1) is 0 Å². The van der Waals surface area contributed by atoms with Crippen molar-refractivity contribution in [1.29, 1.82) is 0 Å². The van der Waals surface area contributed by atoms with Gasteiger partial charge in [0.1, 0.15) is 0 Å². The zero-order valence-electron chi connectivity index (χ0n) is 11.3. The molecule has 100 valence electrons. The van der Waals surface area contributed by atoms with Gasteiger partial charge >= 0.3 is 0 Å². The summed E-state index contributed by atoms with van der Waals surface area (Å²) in [5.41, 5.74) is 2.29. The molecule has 1 N–H and O–H groups in total. The van der Waals surface area contributed by atoms with Gasteiger partial charge in [0.15, 0.2) is 0 Å². The first kappa shape index (κ1) is 14.1. The van der Waals surface area contributed by atoms with Crippen molar-refractivity contribution in [1.82, 2.24) is 0 Å². The molecule has 0 heterocycles. The van der Waals surface area contributed by atoms with Crippen LogP contribution < -0.4 is 0 Å². The lowest BCUT2D eigenvalue weighted by atomic mass is 9.77. The molecule has 0 amide bonds. The summed E-state index contributed by atoms with van der Waals surface area (Å²) in [6, 6.07) is 6.24. The number of hydrogen-bond donors (Lipinski definition) is 1. The third-order valence-corrected chi connectivity index (χ3v) is 5.08. The van der Waals surface area contributed by atoms with Crippen LogP contribution in [0.1, 0.15) is 56.3 Å². The molecule has 1 atom stereocenters. The quantitative estimate of drug-likeness (QED) is 0.832. The highest BCUT2D eigenvalue weighted by Crippen LogP contribution is 2.39. The highest BCUT2D eigenvalue weighted by atomic mass is 79.9. The topological polar surface area (TPSA) is 20.2 Å². The number of halogens is 1. The van der Waals surface area contributed by atoms with Gasteiger partial charge in [-0.05, 0) is 48.8 Å². The molecule has 0 bridgehead atoms. The number of hydrogen-bond acceptors (Lipinski definition) is 1. The smallest absolute Gasteiger partial charge is 0.0829 e. The molecule has 1 fully saturated rings. The second-order valence-corrected chi connectivity index (χ2v) is 6.51. The molecular formula is C16H23BrO. The van der Waals surface area contributed by atoms with Crippen LogP contribution in [0.25, 0.3) is 0 Å². The van der Waals surface area contributed by atoms with E-state index in [1.54, 1.807) is 0 Å². The fourth-order valence-corrected chi connectivity index (χ4v) is 3.77. The van der Waals surface area contributed by atoms with Gasteiger partial charge in [0.05, 0.1) is 6.10 Å². The lowest BCUT2D eigenvalue weighted by Crippen LogP contribution is -2.20. The molecule has 0 spiro atoms. The molecule has 2 heteroatoms. The lowest BCUT2D eigenvalue weighted by Gasteiger charge is -2.31. The Morgan fingerprint density at radius 2 is 1.94 bits per heavy atom. The van der Waals surface area contributed by atoms with E-state index in [0.717, 1.165) is 16.0 Å². The predicted octanol–water partition coefficient (Wildman–Crippen LogP) is 5.01. The lowest BCUT2D eigenvalue weighted by molar-refractivity contribution is 0.0724. The standard InChI is InChI=1S/C16H23BrO/c1-3-12-5-7-13(8-6-12)16(18)14-9-4-11(2)10-15(14)17/h4,9-10,12-13,16,18H,3,5-8H2,1-2H3. The second-order valence-electron chi connectivity index (χ2n) is 5.66. The van der Waals surface area contributed by atoms with Gasteiger partial charge in [0.25, 0.3) is 0 Å². The van der Waals surface area contributed by atoms with Gasteiger partial charge in [0.2, 0.25) is 0 Å². The van der Waals surface area contributed by atoms with Crippen molar-refractivity contribution in [3.05, 3.63) is 33.8 Å². The molecule has 0 aromatic heterocycles. The van der Waals surface area contributed by atoms with Crippen LogP contribution in [-0.2, 0) is 0 Å². The minimum atomic E-state index is -0.308. The summed E-state index contributed by atoms with van der Waals surface area (Å²) in [6.07, 6.45) is 5.87. The molecular weight excluding hydrogens is 288 g/mol. The number of aliphatic hydroxyl groups is 1. The Hall–Kier alpha value is -0.340. The van der Waals surface area contributed by atoms with Crippen molar-refractivity contribution >= 4 is 15.9 Å². The van der Waals surface area contributed by atoms with Gasteiger partial charge in [-0.1, -0.05) is 54.2 Å². The summed E-state index contributed by atoms with van der Waals surface area (Å²) in [4.78, 5) is 0. The Morgan fingerprint density at radius 1 is 1.28 bits per heavy atom. The van der Waals surface area contributed by atoms with E-state index in [1.807, 2.05) is 0 Å². The van der Waals surface area contributed by atoms with Crippen LogP contribution in [0.4, 0.5) is 0 Å². The number of benzene rings is 1. The van der Waals surface area contributed by atoms with Gasteiger partial charge in [-0.2, -0.15) is 0 Å². The SMILES string of the molecule is CCC1CCC(C(O)c2ccc(C)cc2Br)CC1. The molecule has 0 saturated heterocycles. The molecule has 0 aliphatic heterocycles. The van der Waals surface area contributed by atoms with Crippen molar-refractivity contribution in [2.24, 2.45) is 11.8 Å². The molecule has 1 aliphatic rings. The minimum absolute atomic E-state index is 0.308. The fraction of sp³-hybridized carbons (Fsp3) is 0.625. The van der Waals surface area contributed by atoms with Crippen molar-refractivity contribution in [2.45, 2.75) is 52.1 Å². The Morgan fingerprint density at radius 3 is 2.50 bits per heavy atom. The van der Waals surface area contributed by atoms with Gasteiger partial charge in [0, 0.05) is 4.47 Å². The first-order valence-corrected chi connectivity index (χ1v) is 7.85. The van der Waals surface area contributed by atoms with E-state index in [0.29, 0.717) is 5.92 Å². The Balaban J connectivity index is 2.05. The summed E-state index contributed by atoms with van der Waals surface area (Å²) in [7, 11) is 0. The van der Waals surface area contributed by atoms with Gasteiger partial charge in [-0.3, -0.25) is 0 Å². The Labute approximate surface area is 119 Å². The van der Waals surface area contributed by atoms with Crippen molar-refractivity contribution in [3.8, 4) is 0 Å². The maximum atomic E-state index is 10.5. The predicted molar refractivity (Wildman–Crippen MR) is 79.6 cm³/mol. The molecule has 1 aliphatic carbocycles. The number of rotatable bonds is 3. The van der Waals surface area contributed by atoms with Crippen molar-refractivity contribution in [3.63, 3.8) is 0 Å². The first-order valence-electron chi connectivity index (χ1n) is 7.06. The highest BCUT2D eigenvalue weighted by molar-refractivity contribution is 9.10. The second kappa shape index (κ2) is 6.21. The van der Waals surface area contributed by atoms with Crippen LogP contribution in [0.2, 0.25) is 0 Å². The molecule has 1 nitrogen and oxygen atoms in total. The molecule has 0 radical (unpaired) electrons. The molecule has 1 aromatic carbocycles. The minimum Gasteiger partial charge on any atom is -0.388 e. The van der Waals surface area contributed by atoms with Crippen molar-refractivity contribution < 1.29 is 5.11 Å². The van der Waals surface area contributed by atoms with E-state index in [4.69, 9.17) is 0 Å². The molecule has 1 saturated carbocycles. The van der Waals surface area contributed by atoms with Crippen LogP contribution in [-0.4, -0.2) is 5.11 Å². The van der Waals surface area contributed by atoms with E-state index in [2.05, 4.69) is 48.0 Å². The molecule has 2 rings (SSSR count). The van der Waals surface area contributed by atoms with E-state index in [1.165, 1.54) is 37.7 Å². The van der Waals surface area contributed by atoms with E-state index < -0.39 is 0 Å². The van der Waals surface area contributed by atoms with Crippen LogP contribution >= 0.6 is 15.9 Å². The number of aliphatic hydroxyl groups excluding tert-OH is 1. The third kappa shape index (κ3) is 3.16. The zero-order valence-corrected chi connectivity index (χ0v) is 12.9. The van der Waals surface area contributed by atoms with E-state index in [9.17, 15) is 5.11 Å². The third-order valence-electron chi connectivity index (χ3n) is 4.39. The van der Waals surface area contributed by atoms with Crippen molar-refractivity contribution in [2.75, 3.05) is 0 Å². The van der Waals surface area contributed by atoms with Crippen LogP contribution in [0.15, 0.2) is 22.7 Å². The zero-order chi connectivity index (χ0) is 13.1. The fourth-order valence-electron chi connectivity index (χ4n) is 3.04. The van der Waals surface area contributed by atoms with E-state index >= 15 is 0 Å². The van der Waals surface area contributed by atoms with E-state index in [-0.39, 0.29) is 6.10 Å². The molecule has 18 heavy (non-hydrogen) atoms. The summed E-state index contributed by atoms with van der Waals surface area (Å²) < 4.78 is 1.05. The van der Waals surface area contributed by atoms with Gasteiger partial charge < -0.3 is 5.11 Å². The van der Waals surface area contributed by atoms with Crippen LogP contribution in [0.5, 0.6) is 0 Å². The highest BCUT2D eigenvalue weighted by Gasteiger charge is 2.27. The van der Waals surface area contributed by atoms with Crippen LogP contribution in [0.3, 0.4) is 0 Å².